The van der Waals surface area contributed by atoms with E-state index in [1.807, 2.05) is 0 Å². The van der Waals surface area contributed by atoms with Crippen molar-refractivity contribution >= 4 is 17.7 Å². The molecule has 0 unspecified atom stereocenters. The molecule has 0 heterocycles. The lowest BCUT2D eigenvalue weighted by molar-refractivity contribution is -0.150. The lowest BCUT2D eigenvalue weighted by Crippen LogP contribution is -2.31. The number of hydrogen-bond acceptors (Lipinski definition) is 5. The van der Waals surface area contributed by atoms with Gasteiger partial charge in [0.25, 0.3) is 5.91 Å². The highest BCUT2D eigenvalue weighted by Gasteiger charge is 2.09. The molecule has 0 saturated carbocycles. The maximum Gasteiger partial charge on any atom is 0.344 e. The summed E-state index contributed by atoms with van der Waals surface area (Å²) in [5.74, 6) is -1.07. The predicted molar refractivity (Wildman–Crippen MR) is 96.0 cm³/mol. The van der Waals surface area contributed by atoms with Crippen LogP contribution >= 0.6 is 0 Å². The molecule has 0 aliphatic carbocycles. The average molecular weight is 373 g/mol. The molecule has 1 N–H and O–H groups in total. The topological polar surface area (TPSA) is 81.7 Å². The number of Topliss-reactive ketones (excluding diaryl/α,β-unsaturated/α-hetero) is 1. The Bertz CT molecular complexity index is 787. The molecule has 6 nitrogen and oxygen atoms in total. The SMILES string of the molecule is CC(=O)c1ccc(OCC(=O)OCC(=O)NCCc2ccc(F)cc2)cc1. The molecular weight excluding hydrogens is 353 g/mol. The molecule has 2 aromatic rings. The summed E-state index contributed by atoms with van der Waals surface area (Å²) in [6, 6.07) is 12.3. The van der Waals surface area contributed by atoms with Crippen LogP contribution in [0.4, 0.5) is 4.39 Å². The van der Waals surface area contributed by atoms with Crippen LogP contribution in [0.5, 0.6) is 5.75 Å². The minimum absolute atomic E-state index is 0.0635. The smallest absolute Gasteiger partial charge is 0.344 e. The quantitative estimate of drug-likeness (QED) is 0.539. The van der Waals surface area contributed by atoms with Crippen LogP contribution in [0.1, 0.15) is 22.8 Å². The molecule has 0 aliphatic rings. The Morgan fingerprint density at radius 3 is 2.26 bits per heavy atom. The standard InChI is InChI=1S/C20H20FNO5/c1-14(23)16-4-8-18(9-5-16)26-13-20(25)27-12-19(24)22-11-10-15-2-6-17(21)7-3-15/h2-9H,10-13H2,1H3,(H,22,24). The van der Waals surface area contributed by atoms with Crippen LogP contribution in [0.15, 0.2) is 48.5 Å². The average Bonchev–Trinajstić information content (AvgIpc) is 2.66. The molecule has 2 rings (SSSR count). The van der Waals surface area contributed by atoms with Crippen molar-refractivity contribution in [3.63, 3.8) is 0 Å². The molecule has 0 atom stereocenters. The fraction of sp³-hybridized carbons (Fsp3) is 0.250. The Labute approximate surface area is 156 Å². The van der Waals surface area contributed by atoms with E-state index in [0.717, 1.165) is 5.56 Å². The molecule has 2 aromatic carbocycles. The van der Waals surface area contributed by atoms with Gasteiger partial charge in [0, 0.05) is 12.1 Å². The zero-order chi connectivity index (χ0) is 19.6. The van der Waals surface area contributed by atoms with Gasteiger partial charge in [-0.2, -0.15) is 0 Å². The van der Waals surface area contributed by atoms with Gasteiger partial charge in [-0.3, -0.25) is 9.59 Å². The molecule has 0 spiro atoms. The number of carbonyl (C=O) groups excluding carboxylic acids is 3. The van der Waals surface area contributed by atoms with Crippen LogP contribution in [-0.4, -0.2) is 37.4 Å². The summed E-state index contributed by atoms with van der Waals surface area (Å²) in [6.07, 6.45) is 0.541. The summed E-state index contributed by atoms with van der Waals surface area (Å²) < 4.78 is 22.9. The predicted octanol–water partition coefficient (Wildman–Crippen LogP) is 2.31. The fourth-order valence-electron chi connectivity index (χ4n) is 2.16. The minimum atomic E-state index is -0.681. The first-order chi connectivity index (χ1) is 12.9. The van der Waals surface area contributed by atoms with E-state index in [1.165, 1.54) is 19.1 Å². The third-order valence-corrected chi connectivity index (χ3v) is 3.63. The van der Waals surface area contributed by atoms with Gasteiger partial charge in [-0.15, -0.1) is 0 Å². The van der Waals surface area contributed by atoms with Crippen molar-refractivity contribution in [1.82, 2.24) is 5.32 Å². The first-order valence-electron chi connectivity index (χ1n) is 8.34. The van der Waals surface area contributed by atoms with Gasteiger partial charge in [-0.05, 0) is 55.3 Å². The van der Waals surface area contributed by atoms with Crippen molar-refractivity contribution in [2.75, 3.05) is 19.8 Å². The molecule has 0 fully saturated rings. The van der Waals surface area contributed by atoms with E-state index in [-0.39, 0.29) is 18.2 Å². The van der Waals surface area contributed by atoms with Crippen LogP contribution in [0, 0.1) is 5.82 Å². The summed E-state index contributed by atoms with van der Waals surface area (Å²) in [7, 11) is 0. The molecule has 0 radical (unpaired) electrons. The number of hydrogen-bond donors (Lipinski definition) is 1. The second-order valence-corrected chi connectivity index (χ2v) is 5.76. The van der Waals surface area contributed by atoms with Crippen LogP contribution in [0.3, 0.4) is 0 Å². The third kappa shape index (κ3) is 7.27. The Kier molecular flexibility index (Phi) is 7.49. The summed E-state index contributed by atoms with van der Waals surface area (Å²) >= 11 is 0. The van der Waals surface area contributed by atoms with Gasteiger partial charge in [-0.25, -0.2) is 9.18 Å². The van der Waals surface area contributed by atoms with Crippen molar-refractivity contribution in [2.45, 2.75) is 13.3 Å². The van der Waals surface area contributed by atoms with Crippen molar-refractivity contribution in [3.05, 3.63) is 65.5 Å². The van der Waals surface area contributed by atoms with E-state index in [1.54, 1.807) is 36.4 Å². The molecule has 0 aliphatic heterocycles. The van der Waals surface area contributed by atoms with Gasteiger partial charge < -0.3 is 14.8 Å². The highest BCUT2D eigenvalue weighted by Crippen LogP contribution is 2.12. The van der Waals surface area contributed by atoms with Gasteiger partial charge in [0.1, 0.15) is 11.6 Å². The summed E-state index contributed by atoms with van der Waals surface area (Å²) in [5.41, 5.74) is 1.43. The Morgan fingerprint density at radius 2 is 1.63 bits per heavy atom. The van der Waals surface area contributed by atoms with Gasteiger partial charge >= 0.3 is 5.97 Å². The highest BCUT2D eigenvalue weighted by atomic mass is 19.1. The third-order valence-electron chi connectivity index (χ3n) is 3.63. The van der Waals surface area contributed by atoms with E-state index >= 15 is 0 Å². The lowest BCUT2D eigenvalue weighted by atomic mass is 10.1. The molecule has 1 amide bonds. The second-order valence-electron chi connectivity index (χ2n) is 5.76. The molecule has 142 valence electrons. The number of rotatable bonds is 9. The van der Waals surface area contributed by atoms with E-state index < -0.39 is 18.5 Å². The van der Waals surface area contributed by atoms with E-state index in [0.29, 0.717) is 24.3 Å². The van der Waals surface area contributed by atoms with E-state index in [9.17, 15) is 18.8 Å². The maximum atomic E-state index is 12.8. The number of ketones is 1. The Morgan fingerprint density at radius 1 is 0.963 bits per heavy atom. The normalized spacial score (nSPS) is 10.1. The Hall–Kier alpha value is -3.22. The van der Waals surface area contributed by atoms with Crippen molar-refractivity contribution in [2.24, 2.45) is 0 Å². The monoisotopic (exact) mass is 373 g/mol. The number of esters is 1. The van der Waals surface area contributed by atoms with Crippen LogP contribution in [0.2, 0.25) is 0 Å². The molecule has 0 aromatic heterocycles. The summed E-state index contributed by atoms with van der Waals surface area (Å²) in [6.45, 7) is 1.05. The Balaban J connectivity index is 1.62. The van der Waals surface area contributed by atoms with Gasteiger partial charge in [-0.1, -0.05) is 12.1 Å². The number of amides is 1. The first-order valence-corrected chi connectivity index (χ1v) is 8.34. The van der Waals surface area contributed by atoms with E-state index in [4.69, 9.17) is 9.47 Å². The summed E-state index contributed by atoms with van der Waals surface area (Å²) in [5, 5.41) is 2.61. The zero-order valence-corrected chi connectivity index (χ0v) is 14.9. The fourth-order valence-corrected chi connectivity index (χ4v) is 2.16. The molecule has 0 saturated heterocycles. The van der Waals surface area contributed by atoms with Gasteiger partial charge in [0.05, 0.1) is 0 Å². The maximum absolute atomic E-state index is 12.8. The van der Waals surface area contributed by atoms with Crippen molar-refractivity contribution in [3.8, 4) is 5.75 Å². The molecular formula is C20H20FNO5. The first kappa shape index (κ1) is 20.1. The molecule has 7 heteroatoms. The minimum Gasteiger partial charge on any atom is -0.482 e. The van der Waals surface area contributed by atoms with Gasteiger partial charge in [0.15, 0.2) is 19.0 Å². The van der Waals surface area contributed by atoms with Crippen molar-refractivity contribution < 1.29 is 28.2 Å². The van der Waals surface area contributed by atoms with Crippen LogP contribution in [-0.2, 0) is 20.7 Å². The van der Waals surface area contributed by atoms with Crippen LogP contribution < -0.4 is 10.1 Å². The van der Waals surface area contributed by atoms with Crippen molar-refractivity contribution in [1.29, 1.82) is 0 Å². The van der Waals surface area contributed by atoms with Crippen LogP contribution in [0.25, 0.3) is 0 Å². The largest absolute Gasteiger partial charge is 0.482 e. The highest BCUT2D eigenvalue weighted by molar-refractivity contribution is 5.94. The number of benzene rings is 2. The number of halogens is 1. The molecule has 0 bridgehead atoms. The van der Waals surface area contributed by atoms with Gasteiger partial charge in [0.2, 0.25) is 0 Å². The number of carbonyl (C=O) groups is 3. The molecule has 27 heavy (non-hydrogen) atoms. The number of nitrogens with one attached hydrogen (secondary N) is 1. The lowest BCUT2D eigenvalue weighted by Gasteiger charge is -2.08. The summed E-state index contributed by atoms with van der Waals surface area (Å²) in [4.78, 5) is 34.4. The zero-order valence-electron chi connectivity index (χ0n) is 14.9. The van der Waals surface area contributed by atoms with E-state index in [2.05, 4.69) is 5.32 Å². The number of ether oxygens (including phenoxy) is 2. The second kappa shape index (κ2) is 10.1.